The standard InChI is InChI=1S/C14H18N2O4S/c1-14(2)13(18)10-7-5-6-8-11(10)16(14)12(17)9-15(3)21(4,19)20/h5-8H,9H2,1-4H3. The Hall–Kier alpha value is -1.73. The number of Topliss-reactive ketones (excluding diaryl/α,β-unsaturated/α-hetero) is 1. The summed E-state index contributed by atoms with van der Waals surface area (Å²) in [5.41, 5.74) is -0.00342. The van der Waals surface area contributed by atoms with Crippen molar-refractivity contribution in [2.75, 3.05) is 24.7 Å². The van der Waals surface area contributed by atoms with Gasteiger partial charge in [-0.25, -0.2) is 8.42 Å². The van der Waals surface area contributed by atoms with Gasteiger partial charge in [-0.1, -0.05) is 12.1 Å². The van der Waals surface area contributed by atoms with Crippen LogP contribution < -0.4 is 4.90 Å². The molecule has 2 rings (SSSR count). The van der Waals surface area contributed by atoms with E-state index < -0.39 is 21.5 Å². The van der Waals surface area contributed by atoms with Crippen LogP contribution in [0.15, 0.2) is 24.3 Å². The maximum absolute atomic E-state index is 12.5. The smallest absolute Gasteiger partial charge is 0.243 e. The van der Waals surface area contributed by atoms with E-state index >= 15 is 0 Å². The van der Waals surface area contributed by atoms with Crippen molar-refractivity contribution in [3.8, 4) is 0 Å². The third-order valence-electron chi connectivity index (χ3n) is 3.68. The number of likely N-dealkylation sites (N-methyl/N-ethyl adjacent to an activating group) is 1. The maximum Gasteiger partial charge on any atom is 0.243 e. The number of anilines is 1. The lowest BCUT2D eigenvalue weighted by molar-refractivity contribution is -0.119. The molecule has 1 aromatic carbocycles. The molecular weight excluding hydrogens is 292 g/mol. The monoisotopic (exact) mass is 310 g/mol. The van der Waals surface area contributed by atoms with Crippen molar-refractivity contribution in [3.63, 3.8) is 0 Å². The van der Waals surface area contributed by atoms with E-state index in [1.807, 2.05) is 0 Å². The fourth-order valence-corrected chi connectivity index (χ4v) is 2.76. The molecule has 0 saturated carbocycles. The lowest BCUT2D eigenvalue weighted by atomic mass is 9.97. The van der Waals surface area contributed by atoms with Crippen molar-refractivity contribution < 1.29 is 18.0 Å². The highest BCUT2D eigenvalue weighted by Crippen LogP contribution is 2.38. The number of amides is 1. The fraction of sp³-hybridized carbons (Fsp3) is 0.429. The summed E-state index contributed by atoms with van der Waals surface area (Å²) in [6.07, 6.45) is 1.04. The molecule has 6 nitrogen and oxygen atoms in total. The average molecular weight is 310 g/mol. The Morgan fingerprint density at radius 2 is 1.86 bits per heavy atom. The molecule has 1 aromatic rings. The number of ketones is 1. The Bertz CT molecular complexity index is 709. The van der Waals surface area contributed by atoms with Gasteiger partial charge in [0, 0.05) is 12.6 Å². The molecule has 0 aromatic heterocycles. The van der Waals surface area contributed by atoms with Gasteiger partial charge in [-0.15, -0.1) is 0 Å². The van der Waals surface area contributed by atoms with Gasteiger partial charge in [0.15, 0.2) is 5.78 Å². The quantitative estimate of drug-likeness (QED) is 0.831. The van der Waals surface area contributed by atoms with E-state index in [0.29, 0.717) is 11.3 Å². The van der Waals surface area contributed by atoms with E-state index in [2.05, 4.69) is 0 Å². The Morgan fingerprint density at radius 3 is 2.43 bits per heavy atom. The molecule has 1 heterocycles. The molecule has 1 aliphatic rings. The fourth-order valence-electron chi connectivity index (χ4n) is 2.42. The van der Waals surface area contributed by atoms with Gasteiger partial charge >= 0.3 is 0 Å². The topological polar surface area (TPSA) is 74.8 Å². The third-order valence-corrected chi connectivity index (χ3v) is 4.94. The van der Waals surface area contributed by atoms with Crippen molar-refractivity contribution in [1.29, 1.82) is 0 Å². The van der Waals surface area contributed by atoms with Gasteiger partial charge in [0.2, 0.25) is 15.9 Å². The molecule has 0 spiro atoms. The highest BCUT2D eigenvalue weighted by molar-refractivity contribution is 7.88. The van der Waals surface area contributed by atoms with Crippen LogP contribution in [-0.4, -0.2) is 49.8 Å². The first-order valence-electron chi connectivity index (χ1n) is 6.45. The van der Waals surface area contributed by atoms with Crippen molar-refractivity contribution in [1.82, 2.24) is 4.31 Å². The molecule has 0 atom stereocenters. The van der Waals surface area contributed by atoms with Crippen LogP contribution >= 0.6 is 0 Å². The van der Waals surface area contributed by atoms with Crippen molar-refractivity contribution >= 4 is 27.4 Å². The van der Waals surface area contributed by atoms with E-state index in [4.69, 9.17) is 0 Å². The minimum Gasteiger partial charge on any atom is -0.297 e. The van der Waals surface area contributed by atoms with Crippen LogP contribution in [0.1, 0.15) is 24.2 Å². The zero-order valence-corrected chi connectivity index (χ0v) is 13.3. The lowest BCUT2D eigenvalue weighted by Crippen LogP contribution is -2.51. The molecule has 1 amide bonds. The third kappa shape index (κ3) is 2.58. The molecule has 114 valence electrons. The molecule has 0 aliphatic carbocycles. The van der Waals surface area contributed by atoms with Gasteiger partial charge in [0.05, 0.1) is 18.5 Å². The molecule has 0 fully saturated rings. The molecule has 21 heavy (non-hydrogen) atoms. The predicted molar refractivity (Wildman–Crippen MR) is 79.8 cm³/mol. The minimum atomic E-state index is -3.45. The second-order valence-corrected chi connectivity index (χ2v) is 7.74. The van der Waals surface area contributed by atoms with Crippen molar-refractivity contribution in [2.24, 2.45) is 0 Å². The lowest BCUT2D eigenvalue weighted by Gasteiger charge is -2.31. The van der Waals surface area contributed by atoms with E-state index in [9.17, 15) is 18.0 Å². The van der Waals surface area contributed by atoms with Crippen LogP contribution in [0.4, 0.5) is 5.69 Å². The Kier molecular flexibility index (Phi) is 3.67. The zero-order chi connectivity index (χ0) is 16.0. The number of hydrogen-bond acceptors (Lipinski definition) is 4. The molecular formula is C14H18N2O4S. The van der Waals surface area contributed by atoms with Crippen LogP contribution in [0, 0.1) is 0 Å². The summed E-state index contributed by atoms with van der Waals surface area (Å²) >= 11 is 0. The first kappa shape index (κ1) is 15.7. The largest absolute Gasteiger partial charge is 0.297 e. The summed E-state index contributed by atoms with van der Waals surface area (Å²) in [6.45, 7) is 3.02. The molecule has 0 N–H and O–H groups in total. The summed E-state index contributed by atoms with van der Waals surface area (Å²) in [5.74, 6) is -0.570. The van der Waals surface area contributed by atoms with Gasteiger partial charge in [0.25, 0.3) is 0 Å². The van der Waals surface area contributed by atoms with Crippen LogP contribution in [-0.2, 0) is 14.8 Å². The Morgan fingerprint density at radius 1 is 1.29 bits per heavy atom. The van der Waals surface area contributed by atoms with Gasteiger partial charge in [-0.3, -0.25) is 14.5 Å². The van der Waals surface area contributed by atoms with Gasteiger partial charge in [0.1, 0.15) is 5.54 Å². The van der Waals surface area contributed by atoms with E-state index in [1.54, 1.807) is 38.1 Å². The number of sulfonamides is 1. The van der Waals surface area contributed by atoms with Crippen LogP contribution in [0.25, 0.3) is 0 Å². The molecule has 0 saturated heterocycles. The van der Waals surface area contributed by atoms with Gasteiger partial charge in [-0.05, 0) is 26.0 Å². The molecule has 7 heteroatoms. The van der Waals surface area contributed by atoms with E-state index in [-0.39, 0.29) is 12.3 Å². The molecule has 0 bridgehead atoms. The number of hydrogen-bond donors (Lipinski definition) is 0. The maximum atomic E-state index is 12.5. The second-order valence-electron chi connectivity index (χ2n) is 5.65. The summed E-state index contributed by atoms with van der Waals surface area (Å²) in [6, 6.07) is 6.85. The molecule has 1 aliphatic heterocycles. The summed E-state index contributed by atoms with van der Waals surface area (Å²) < 4.78 is 23.9. The second kappa shape index (κ2) is 4.92. The number of para-hydroxylation sites is 1. The van der Waals surface area contributed by atoms with Crippen molar-refractivity contribution in [2.45, 2.75) is 19.4 Å². The first-order valence-corrected chi connectivity index (χ1v) is 8.30. The molecule has 0 radical (unpaired) electrons. The molecule has 0 unspecified atom stereocenters. The zero-order valence-electron chi connectivity index (χ0n) is 12.5. The Labute approximate surface area is 124 Å². The normalized spacial score (nSPS) is 17.2. The number of fused-ring (bicyclic) bond motifs is 1. The van der Waals surface area contributed by atoms with E-state index in [1.165, 1.54) is 11.9 Å². The van der Waals surface area contributed by atoms with Crippen molar-refractivity contribution in [3.05, 3.63) is 29.8 Å². The summed E-state index contributed by atoms with van der Waals surface area (Å²) in [7, 11) is -2.12. The van der Waals surface area contributed by atoms with Crippen LogP contribution in [0.5, 0.6) is 0 Å². The summed E-state index contributed by atoms with van der Waals surface area (Å²) in [4.78, 5) is 26.3. The highest BCUT2D eigenvalue weighted by atomic mass is 32.2. The average Bonchev–Trinajstić information content (AvgIpc) is 2.56. The van der Waals surface area contributed by atoms with Crippen LogP contribution in [0.3, 0.4) is 0 Å². The highest BCUT2D eigenvalue weighted by Gasteiger charge is 2.47. The number of benzene rings is 1. The van der Waals surface area contributed by atoms with E-state index in [0.717, 1.165) is 10.6 Å². The number of rotatable bonds is 3. The minimum absolute atomic E-state index is 0.145. The summed E-state index contributed by atoms with van der Waals surface area (Å²) in [5, 5.41) is 0. The number of nitrogens with zero attached hydrogens (tertiary/aromatic N) is 2. The number of carbonyl (C=O) groups excluding carboxylic acids is 2. The van der Waals surface area contributed by atoms with Crippen LogP contribution in [0.2, 0.25) is 0 Å². The number of carbonyl (C=O) groups is 2. The van der Waals surface area contributed by atoms with Gasteiger partial charge < -0.3 is 0 Å². The predicted octanol–water partition coefficient (Wildman–Crippen LogP) is 0.886. The Balaban J connectivity index is 2.39. The first-order chi connectivity index (χ1) is 9.56. The van der Waals surface area contributed by atoms with Gasteiger partial charge in [-0.2, -0.15) is 4.31 Å². The SMILES string of the molecule is CN(CC(=O)N1c2ccccc2C(=O)C1(C)C)S(C)(=O)=O.